The van der Waals surface area contributed by atoms with Crippen molar-refractivity contribution >= 4 is 24.4 Å². The Kier molecular flexibility index (Phi) is 10.3. The van der Waals surface area contributed by atoms with Crippen LogP contribution in [-0.4, -0.2) is 68.3 Å². The zero-order valence-corrected chi connectivity index (χ0v) is 19.0. The van der Waals surface area contributed by atoms with Gasteiger partial charge in [-0.2, -0.15) is 0 Å². The Morgan fingerprint density at radius 2 is 1.66 bits per heavy atom. The molecule has 6 nitrogen and oxygen atoms in total. The van der Waals surface area contributed by atoms with Crippen molar-refractivity contribution in [3.8, 4) is 17.2 Å². The minimum Gasteiger partial charge on any atom is -0.502 e. The topological polar surface area (TPSA) is 62.2 Å². The predicted octanol–water partition coefficient (Wildman–Crippen LogP) is 3.81. The smallest absolute Gasteiger partial charge is 0.246 e. The Morgan fingerprint density at radius 3 is 2.14 bits per heavy atom. The number of hydrogen-bond donors (Lipinski definition) is 1. The zero-order chi connectivity index (χ0) is 20.7. The number of rotatable bonds is 8. The second-order valence-corrected chi connectivity index (χ2v) is 7.86. The number of nitrogens with zero attached hydrogens (tertiary/aromatic N) is 2. The first-order valence-corrected chi connectivity index (χ1v) is 9.94. The Hall–Kier alpha value is -1.92. The number of phenols is 1. The van der Waals surface area contributed by atoms with Gasteiger partial charge in [0, 0.05) is 25.2 Å². The van der Waals surface area contributed by atoms with Crippen LogP contribution in [0.25, 0.3) is 6.08 Å². The van der Waals surface area contributed by atoms with E-state index in [2.05, 4.69) is 11.8 Å². The van der Waals surface area contributed by atoms with Crippen LogP contribution in [-0.2, 0) is 4.79 Å². The standard InChI is InChI=1S/C22H34N2O4.ClH/c1-16-6-9-18(10-7-16)24(13-12-23(2)3)21(25)11-8-17-14-19(27-4)22(26)20(15-17)28-5;/h8,11,14-16,18,26H,6-7,9-10,12-13H2,1-5H3;1H/b11-8+;. The number of aromatic hydroxyl groups is 1. The van der Waals surface area contributed by atoms with Crippen LogP contribution in [0, 0.1) is 5.92 Å². The molecular weight excluding hydrogens is 392 g/mol. The van der Waals surface area contributed by atoms with Crippen LogP contribution in [0.1, 0.15) is 38.2 Å². The highest BCUT2D eigenvalue weighted by Gasteiger charge is 2.26. The lowest BCUT2D eigenvalue weighted by molar-refractivity contribution is -0.129. The van der Waals surface area contributed by atoms with E-state index in [4.69, 9.17) is 9.47 Å². The molecule has 0 unspecified atom stereocenters. The van der Waals surface area contributed by atoms with Crippen molar-refractivity contribution in [3.05, 3.63) is 23.8 Å². The van der Waals surface area contributed by atoms with Crippen LogP contribution < -0.4 is 9.47 Å². The molecule has 0 bridgehead atoms. The number of likely N-dealkylation sites (N-methyl/N-ethyl adjacent to an activating group) is 1. The number of methoxy groups -OCH3 is 2. The van der Waals surface area contributed by atoms with E-state index in [0.717, 1.165) is 37.4 Å². The molecule has 0 saturated heterocycles. The summed E-state index contributed by atoms with van der Waals surface area (Å²) in [5, 5.41) is 10.0. The van der Waals surface area contributed by atoms with Gasteiger partial charge >= 0.3 is 0 Å². The van der Waals surface area contributed by atoms with E-state index in [1.165, 1.54) is 27.1 Å². The summed E-state index contributed by atoms with van der Waals surface area (Å²) < 4.78 is 10.4. The summed E-state index contributed by atoms with van der Waals surface area (Å²) in [6.07, 6.45) is 7.84. The maximum absolute atomic E-state index is 13.0. The van der Waals surface area contributed by atoms with Crippen molar-refractivity contribution in [1.29, 1.82) is 0 Å². The largest absolute Gasteiger partial charge is 0.502 e. The number of ether oxygens (including phenoxy) is 2. The lowest BCUT2D eigenvalue weighted by atomic mass is 9.86. The molecule has 0 aromatic heterocycles. The molecule has 0 spiro atoms. The number of hydrogen-bond acceptors (Lipinski definition) is 5. The maximum atomic E-state index is 13.0. The lowest BCUT2D eigenvalue weighted by Crippen LogP contribution is -2.44. The summed E-state index contributed by atoms with van der Waals surface area (Å²) in [7, 11) is 7.02. The predicted molar refractivity (Wildman–Crippen MR) is 119 cm³/mol. The third-order valence-corrected chi connectivity index (χ3v) is 5.42. The maximum Gasteiger partial charge on any atom is 0.246 e. The van der Waals surface area contributed by atoms with E-state index < -0.39 is 0 Å². The third kappa shape index (κ3) is 7.12. The quantitative estimate of drug-likeness (QED) is 0.640. The van der Waals surface area contributed by atoms with Gasteiger partial charge in [0.2, 0.25) is 11.7 Å². The molecular formula is C22H35ClN2O4. The summed E-state index contributed by atoms with van der Waals surface area (Å²) in [4.78, 5) is 17.1. The van der Waals surface area contributed by atoms with Gasteiger partial charge in [0.05, 0.1) is 14.2 Å². The number of amides is 1. The van der Waals surface area contributed by atoms with E-state index in [1.54, 1.807) is 24.3 Å². The molecule has 0 aliphatic heterocycles. The van der Waals surface area contributed by atoms with E-state index >= 15 is 0 Å². The van der Waals surface area contributed by atoms with E-state index in [-0.39, 0.29) is 24.1 Å². The first-order valence-electron chi connectivity index (χ1n) is 9.94. The number of halogens is 1. The fourth-order valence-electron chi connectivity index (χ4n) is 3.61. The van der Waals surface area contributed by atoms with E-state index in [0.29, 0.717) is 17.5 Å². The molecule has 2 rings (SSSR count). The van der Waals surface area contributed by atoms with Crippen LogP contribution in [0.15, 0.2) is 18.2 Å². The number of benzene rings is 1. The fourth-order valence-corrected chi connectivity index (χ4v) is 3.61. The fraction of sp³-hybridized carbons (Fsp3) is 0.591. The first kappa shape index (κ1) is 25.1. The molecule has 0 atom stereocenters. The molecule has 7 heteroatoms. The summed E-state index contributed by atoms with van der Waals surface area (Å²) in [6, 6.07) is 3.68. The number of carbonyl (C=O) groups is 1. The monoisotopic (exact) mass is 426 g/mol. The lowest BCUT2D eigenvalue weighted by Gasteiger charge is -2.36. The van der Waals surface area contributed by atoms with Gasteiger partial charge in [0.15, 0.2) is 11.5 Å². The molecule has 1 fully saturated rings. The molecule has 1 saturated carbocycles. The van der Waals surface area contributed by atoms with Crippen molar-refractivity contribution in [2.45, 2.75) is 38.6 Å². The Balaban J connectivity index is 0.00000420. The van der Waals surface area contributed by atoms with Gasteiger partial charge in [-0.25, -0.2) is 0 Å². The average Bonchev–Trinajstić information content (AvgIpc) is 2.68. The zero-order valence-electron chi connectivity index (χ0n) is 18.2. The normalized spacial score (nSPS) is 19.1. The van der Waals surface area contributed by atoms with Gasteiger partial charge in [-0.15, -0.1) is 12.4 Å². The van der Waals surface area contributed by atoms with Gasteiger partial charge in [0.1, 0.15) is 0 Å². The van der Waals surface area contributed by atoms with Crippen molar-refractivity contribution in [3.63, 3.8) is 0 Å². The molecule has 1 aromatic carbocycles. The summed E-state index contributed by atoms with van der Waals surface area (Å²) >= 11 is 0. The summed E-state index contributed by atoms with van der Waals surface area (Å²) in [6.45, 7) is 3.84. The molecule has 1 N–H and O–H groups in total. The summed E-state index contributed by atoms with van der Waals surface area (Å²) in [5.74, 6) is 1.36. The van der Waals surface area contributed by atoms with Gasteiger partial charge in [-0.05, 0) is 69.5 Å². The second-order valence-electron chi connectivity index (χ2n) is 7.86. The molecule has 164 valence electrons. The molecule has 0 radical (unpaired) electrons. The number of phenolic OH excluding ortho intramolecular Hbond substituents is 1. The molecule has 1 aliphatic carbocycles. The number of carbonyl (C=O) groups excluding carboxylic acids is 1. The van der Waals surface area contributed by atoms with Gasteiger partial charge in [-0.1, -0.05) is 6.92 Å². The average molecular weight is 427 g/mol. The first-order chi connectivity index (χ1) is 13.3. The van der Waals surface area contributed by atoms with Crippen molar-refractivity contribution in [2.75, 3.05) is 41.4 Å². The summed E-state index contributed by atoms with van der Waals surface area (Å²) in [5.41, 5.74) is 0.740. The highest BCUT2D eigenvalue weighted by molar-refractivity contribution is 5.92. The molecule has 29 heavy (non-hydrogen) atoms. The van der Waals surface area contributed by atoms with Crippen LogP contribution in [0.3, 0.4) is 0 Å². The van der Waals surface area contributed by atoms with E-state index in [9.17, 15) is 9.90 Å². The minimum absolute atomic E-state index is 0. The third-order valence-electron chi connectivity index (χ3n) is 5.42. The minimum atomic E-state index is -0.0441. The SMILES string of the molecule is COc1cc(/C=C/C(=O)N(CCN(C)C)C2CCC(C)CC2)cc(OC)c1O.Cl. The Morgan fingerprint density at radius 1 is 1.10 bits per heavy atom. The Bertz CT molecular complexity index is 660. The van der Waals surface area contributed by atoms with Crippen molar-refractivity contribution in [1.82, 2.24) is 9.80 Å². The Labute approximate surface area is 180 Å². The van der Waals surface area contributed by atoms with Gasteiger partial charge < -0.3 is 24.4 Å². The van der Waals surface area contributed by atoms with Crippen molar-refractivity contribution < 1.29 is 19.4 Å². The van der Waals surface area contributed by atoms with Crippen LogP contribution in [0.4, 0.5) is 0 Å². The molecule has 1 aromatic rings. The van der Waals surface area contributed by atoms with Crippen molar-refractivity contribution in [2.24, 2.45) is 5.92 Å². The van der Waals surface area contributed by atoms with Gasteiger partial charge in [0.25, 0.3) is 0 Å². The molecule has 0 heterocycles. The molecule has 1 aliphatic rings. The van der Waals surface area contributed by atoms with Crippen LogP contribution in [0.5, 0.6) is 17.2 Å². The highest BCUT2D eigenvalue weighted by Crippen LogP contribution is 2.37. The van der Waals surface area contributed by atoms with E-state index in [1.807, 2.05) is 19.0 Å². The highest BCUT2D eigenvalue weighted by atomic mass is 35.5. The molecule has 1 amide bonds. The second kappa shape index (κ2) is 11.9. The van der Waals surface area contributed by atoms with Crippen LogP contribution >= 0.6 is 12.4 Å². The van der Waals surface area contributed by atoms with Crippen LogP contribution in [0.2, 0.25) is 0 Å². The van der Waals surface area contributed by atoms with Gasteiger partial charge in [-0.3, -0.25) is 4.79 Å².